The predicted molar refractivity (Wildman–Crippen MR) is 150 cm³/mol. The van der Waals surface area contributed by atoms with Gasteiger partial charge < -0.3 is 23.8 Å². The Bertz CT molecular complexity index is 1230. The van der Waals surface area contributed by atoms with Gasteiger partial charge in [0.05, 0.1) is 13.0 Å². The fourth-order valence-corrected chi connectivity index (χ4v) is 9.98. The van der Waals surface area contributed by atoms with Gasteiger partial charge in [0.15, 0.2) is 4.90 Å². The maximum absolute atomic E-state index is 14.6. The van der Waals surface area contributed by atoms with Crippen LogP contribution in [0.1, 0.15) is 78.4 Å². The molecule has 0 saturated carbocycles. The zero-order chi connectivity index (χ0) is 29.5. The van der Waals surface area contributed by atoms with Gasteiger partial charge in [0.25, 0.3) is 0 Å². The molecule has 2 aromatic rings. The van der Waals surface area contributed by atoms with Crippen molar-refractivity contribution in [2.75, 3.05) is 6.61 Å². The minimum atomic E-state index is -4.93. The smallest absolute Gasteiger partial charge is 0.341 e. The first-order valence-electron chi connectivity index (χ1n) is 13.1. The molecule has 39 heavy (non-hydrogen) atoms. The Labute approximate surface area is 230 Å². The molecule has 0 spiro atoms. The highest BCUT2D eigenvalue weighted by Gasteiger charge is 2.59. The molecule has 2 aromatic carbocycles. The SMILES string of the molecule is CCOP(=O)(c1ccc(OC(=O)CC)c(C(C)(C)CC(=O)OCc2ccccc2)c1)C(CC)(CC)P(=O)(O)O. The molecule has 0 radical (unpaired) electrons. The highest BCUT2D eigenvalue weighted by Crippen LogP contribution is 2.75. The standard InChI is InChI=1S/C28H40O9P2/c1-7-25(29)37-24-17-16-22(38(31,36-10-4)28(8-2,9-3)39(32,33)34)18-23(24)27(5,6)19-26(30)35-20-21-14-12-11-13-15-21/h11-18H,7-10,19-20H2,1-6H3,(H2,32,33,34). The zero-order valence-corrected chi connectivity index (χ0v) is 25.3. The van der Waals surface area contributed by atoms with Crippen LogP contribution in [0, 0.1) is 0 Å². The van der Waals surface area contributed by atoms with E-state index in [1.54, 1.807) is 41.5 Å². The minimum Gasteiger partial charge on any atom is -0.461 e. The number of esters is 2. The Morgan fingerprint density at radius 3 is 2.03 bits per heavy atom. The monoisotopic (exact) mass is 582 g/mol. The van der Waals surface area contributed by atoms with Crippen LogP contribution in [0.4, 0.5) is 0 Å². The third-order valence-electron chi connectivity index (χ3n) is 6.91. The van der Waals surface area contributed by atoms with Crippen LogP contribution in [0.3, 0.4) is 0 Å². The average molecular weight is 583 g/mol. The highest BCUT2D eigenvalue weighted by atomic mass is 31.2. The second kappa shape index (κ2) is 13.4. The van der Waals surface area contributed by atoms with Crippen LogP contribution in [-0.2, 0) is 40.0 Å². The third-order valence-corrected chi connectivity index (χ3v) is 13.5. The molecule has 0 heterocycles. The van der Waals surface area contributed by atoms with Crippen molar-refractivity contribution in [3.8, 4) is 5.75 Å². The van der Waals surface area contributed by atoms with Crippen molar-refractivity contribution in [2.24, 2.45) is 0 Å². The van der Waals surface area contributed by atoms with Crippen molar-refractivity contribution >= 4 is 32.2 Å². The molecule has 0 aliphatic carbocycles. The van der Waals surface area contributed by atoms with Gasteiger partial charge in [-0.05, 0) is 43.5 Å². The van der Waals surface area contributed by atoms with Gasteiger partial charge in [-0.1, -0.05) is 65.0 Å². The molecular weight excluding hydrogens is 542 g/mol. The molecule has 2 N–H and O–H groups in total. The molecule has 0 aliphatic rings. The summed E-state index contributed by atoms with van der Waals surface area (Å²) in [6, 6.07) is 13.6. The molecule has 0 fully saturated rings. The normalized spacial score (nSPS) is 13.9. The number of carbonyl (C=O) groups excluding carboxylic acids is 2. The lowest BCUT2D eigenvalue weighted by atomic mass is 9.81. The lowest BCUT2D eigenvalue weighted by Gasteiger charge is -2.39. The Balaban J connectivity index is 2.62. The molecule has 0 aliphatic heterocycles. The quantitative estimate of drug-likeness (QED) is 0.155. The zero-order valence-electron chi connectivity index (χ0n) is 23.5. The Hall–Kier alpha value is -2.28. The maximum atomic E-state index is 14.6. The number of hydrogen-bond acceptors (Lipinski definition) is 7. The van der Waals surface area contributed by atoms with Gasteiger partial charge in [0, 0.05) is 22.7 Å². The first kappa shape index (κ1) is 32.9. The van der Waals surface area contributed by atoms with Crippen molar-refractivity contribution in [2.45, 2.75) is 84.1 Å². The fraction of sp³-hybridized carbons (Fsp3) is 0.500. The van der Waals surface area contributed by atoms with Gasteiger partial charge >= 0.3 is 19.5 Å². The molecule has 9 nitrogen and oxygen atoms in total. The van der Waals surface area contributed by atoms with Crippen molar-refractivity contribution < 1.29 is 42.5 Å². The molecule has 0 amide bonds. The van der Waals surface area contributed by atoms with E-state index in [0.717, 1.165) is 5.56 Å². The Kier molecular flexibility index (Phi) is 11.3. The molecule has 11 heteroatoms. The van der Waals surface area contributed by atoms with Crippen LogP contribution in [0.5, 0.6) is 5.75 Å². The summed E-state index contributed by atoms with van der Waals surface area (Å²) < 4.78 is 44.1. The molecule has 1 atom stereocenters. The van der Waals surface area contributed by atoms with E-state index >= 15 is 0 Å². The van der Waals surface area contributed by atoms with E-state index in [1.165, 1.54) is 18.2 Å². The third kappa shape index (κ3) is 7.27. The van der Waals surface area contributed by atoms with Crippen LogP contribution < -0.4 is 10.0 Å². The van der Waals surface area contributed by atoms with Crippen molar-refractivity contribution in [1.29, 1.82) is 0 Å². The van der Waals surface area contributed by atoms with E-state index in [9.17, 15) is 28.5 Å². The second-order valence-corrected chi connectivity index (χ2v) is 14.9. The first-order chi connectivity index (χ1) is 18.2. The van der Waals surface area contributed by atoms with E-state index in [4.69, 9.17) is 14.0 Å². The summed E-state index contributed by atoms with van der Waals surface area (Å²) in [6.45, 7) is 9.93. The van der Waals surface area contributed by atoms with E-state index in [2.05, 4.69) is 0 Å². The number of benzene rings is 2. The summed E-state index contributed by atoms with van der Waals surface area (Å²) in [6.07, 6.45) is -0.195. The van der Waals surface area contributed by atoms with Gasteiger partial charge in [0.2, 0.25) is 7.37 Å². The first-order valence-corrected chi connectivity index (χ1v) is 16.3. The largest absolute Gasteiger partial charge is 0.461 e. The van der Waals surface area contributed by atoms with Crippen molar-refractivity contribution in [3.05, 3.63) is 59.7 Å². The lowest BCUT2D eigenvalue weighted by Crippen LogP contribution is -2.34. The van der Waals surface area contributed by atoms with Crippen LogP contribution >= 0.6 is 15.0 Å². The maximum Gasteiger partial charge on any atom is 0.341 e. The van der Waals surface area contributed by atoms with E-state index in [-0.39, 0.29) is 50.0 Å². The van der Waals surface area contributed by atoms with Crippen molar-refractivity contribution in [1.82, 2.24) is 0 Å². The molecule has 0 aromatic heterocycles. The number of ether oxygens (including phenoxy) is 2. The second-order valence-electron chi connectivity index (χ2n) is 9.92. The molecule has 1 unspecified atom stereocenters. The van der Waals surface area contributed by atoms with E-state index in [1.807, 2.05) is 30.3 Å². The summed E-state index contributed by atoms with van der Waals surface area (Å²) >= 11 is 0. The minimum absolute atomic E-state index is 0.0455. The van der Waals surface area contributed by atoms with Gasteiger partial charge in [-0.25, -0.2) is 0 Å². The highest BCUT2D eigenvalue weighted by molar-refractivity contribution is 7.80. The average Bonchev–Trinajstić information content (AvgIpc) is 2.88. The molecule has 2 rings (SSSR count). The summed E-state index contributed by atoms with van der Waals surface area (Å²) in [7, 11) is -9.13. The predicted octanol–water partition coefficient (Wildman–Crippen LogP) is 6.05. The number of hydrogen-bond donors (Lipinski definition) is 2. The van der Waals surface area contributed by atoms with Gasteiger partial charge in [-0.15, -0.1) is 0 Å². The summed E-state index contributed by atoms with van der Waals surface area (Å²) in [5.74, 6) is -0.850. The van der Waals surface area contributed by atoms with Crippen LogP contribution in [0.15, 0.2) is 48.5 Å². The Morgan fingerprint density at radius 2 is 1.51 bits per heavy atom. The fourth-order valence-electron chi connectivity index (χ4n) is 4.63. The van der Waals surface area contributed by atoms with Crippen molar-refractivity contribution in [3.63, 3.8) is 0 Å². The summed E-state index contributed by atoms with van der Waals surface area (Å²) in [5.41, 5.74) is 0.215. The molecule has 0 bridgehead atoms. The number of rotatable bonds is 14. The van der Waals surface area contributed by atoms with Crippen LogP contribution in [-0.4, -0.2) is 33.2 Å². The molecule has 216 valence electrons. The van der Waals surface area contributed by atoms with E-state index < -0.39 is 37.2 Å². The molecule has 0 saturated heterocycles. The van der Waals surface area contributed by atoms with Gasteiger partial charge in [-0.2, -0.15) is 0 Å². The van der Waals surface area contributed by atoms with Gasteiger partial charge in [-0.3, -0.25) is 18.7 Å². The number of carbonyl (C=O) groups is 2. The lowest BCUT2D eigenvalue weighted by molar-refractivity contribution is -0.146. The summed E-state index contributed by atoms with van der Waals surface area (Å²) in [4.78, 5) is 43.9. The van der Waals surface area contributed by atoms with Crippen LogP contribution in [0.25, 0.3) is 0 Å². The molecular formula is C28H40O9P2. The van der Waals surface area contributed by atoms with E-state index in [0.29, 0.717) is 5.56 Å². The summed E-state index contributed by atoms with van der Waals surface area (Å²) in [5, 5.41) is 0.0772. The van der Waals surface area contributed by atoms with Crippen LogP contribution in [0.2, 0.25) is 0 Å². The topological polar surface area (TPSA) is 136 Å². The Morgan fingerprint density at radius 1 is 0.897 bits per heavy atom. The van der Waals surface area contributed by atoms with Gasteiger partial charge in [0.1, 0.15) is 12.4 Å².